The zero-order valence-corrected chi connectivity index (χ0v) is 12.3. The molecule has 1 aliphatic heterocycles. The Morgan fingerprint density at radius 2 is 2.00 bits per heavy atom. The summed E-state index contributed by atoms with van der Waals surface area (Å²) in [5.74, 6) is 1.70. The highest BCUT2D eigenvalue weighted by molar-refractivity contribution is 5.45. The monoisotopic (exact) mass is 264 g/mol. The van der Waals surface area contributed by atoms with Crippen LogP contribution in [0.2, 0.25) is 0 Å². The van der Waals surface area contributed by atoms with Crippen LogP contribution in [0.5, 0.6) is 11.5 Å². The van der Waals surface area contributed by atoms with Crippen molar-refractivity contribution in [1.82, 2.24) is 10.2 Å². The molecule has 1 heterocycles. The third-order valence-corrected chi connectivity index (χ3v) is 3.60. The Morgan fingerprint density at radius 1 is 1.26 bits per heavy atom. The summed E-state index contributed by atoms with van der Waals surface area (Å²) in [6.07, 6.45) is 0. The van der Waals surface area contributed by atoms with Gasteiger partial charge in [0.1, 0.15) is 0 Å². The molecule has 0 fully saturated rings. The molecule has 0 spiro atoms. The van der Waals surface area contributed by atoms with E-state index in [0.717, 1.165) is 24.6 Å². The lowest BCUT2D eigenvalue weighted by Crippen LogP contribution is -2.36. The van der Waals surface area contributed by atoms with Gasteiger partial charge in [-0.2, -0.15) is 0 Å². The third kappa shape index (κ3) is 3.39. The predicted molar refractivity (Wildman–Crippen MR) is 76.7 cm³/mol. The number of hydrogen-bond acceptors (Lipinski definition) is 4. The van der Waals surface area contributed by atoms with Crippen LogP contribution in [0, 0.1) is 0 Å². The van der Waals surface area contributed by atoms with Gasteiger partial charge in [-0.05, 0) is 45.1 Å². The topological polar surface area (TPSA) is 33.7 Å². The van der Waals surface area contributed by atoms with Crippen molar-refractivity contribution in [3.8, 4) is 11.5 Å². The molecule has 4 heteroatoms. The molecule has 0 radical (unpaired) electrons. The van der Waals surface area contributed by atoms with Gasteiger partial charge in [-0.1, -0.05) is 13.0 Å². The SMILES string of the molecule is CCNC(CN(C)C(C)C)c1ccc2c(c1)OCO2. The number of fused-ring (bicyclic) bond motifs is 1. The van der Waals surface area contributed by atoms with Crippen molar-refractivity contribution in [3.05, 3.63) is 23.8 Å². The Labute approximate surface area is 115 Å². The fourth-order valence-electron chi connectivity index (χ4n) is 2.16. The molecule has 1 atom stereocenters. The summed E-state index contributed by atoms with van der Waals surface area (Å²) in [6, 6.07) is 7.05. The number of likely N-dealkylation sites (N-methyl/N-ethyl adjacent to an activating group) is 2. The Balaban J connectivity index is 2.14. The molecule has 0 amide bonds. The predicted octanol–water partition coefficient (Wildman–Crippen LogP) is 2.41. The van der Waals surface area contributed by atoms with Crippen LogP contribution in [0.15, 0.2) is 18.2 Å². The maximum atomic E-state index is 5.46. The van der Waals surface area contributed by atoms with Crippen LogP contribution < -0.4 is 14.8 Å². The van der Waals surface area contributed by atoms with E-state index >= 15 is 0 Å². The fourth-order valence-corrected chi connectivity index (χ4v) is 2.16. The van der Waals surface area contributed by atoms with E-state index in [2.05, 4.69) is 50.2 Å². The number of nitrogens with zero attached hydrogens (tertiary/aromatic N) is 1. The minimum absolute atomic E-state index is 0.312. The highest BCUT2D eigenvalue weighted by Crippen LogP contribution is 2.34. The van der Waals surface area contributed by atoms with Crippen molar-refractivity contribution < 1.29 is 9.47 Å². The van der Waals surface area contributed by atoms with Gasteiger partial charge in [0.15, 0.2) is 11.5 Å². The first-order valence-corrected chi connectivity index (χ1v) is 6.95. The normalized spacial score (nSPS) is 15.3. The molecule has 0 aliphatic carbocycles. The molecule has 19 heavy (non-hydrogen) atoms. The first kappa shape index (κ1) is 14.2. The van der Waals surface area contributed by atoms with Crippen molar-refractivity contribution in [1.29, 1.82) is 0 Å². The van der Waals surface area contributed by atoms with Crippen LogP contribution >= 0.6 is 0 Å². The fraction of sp³-hybridized carbons (Fsp3) is 0.600. The smallest absolute Gasteiger partial charge is 0.231 e. The van der Waals surface area contributed by atoms with Crippen molar-refractivity contribution in [2.45, 2.75) is 32.9 Å². The van der Waals surface area contributed by atoms with Crippen LogP contribution in [-0.2, 0) is 0 Å². The third-order valence-electron chi connectivity index (χ3n) is 3.60. The zero-order chi connectivity index (χ0) is 13.8. The molecule has 0 aromatic heterocycles. The van der Waals surface area contributed by atoms with Crippen LogP contribution in [0.1, 0.15) is 32.4 Å². The number of nitrogens with one attached hydrogen (secondary N) is 1. The standard InChI is InChI=1S/C15H24N2O2/c1-5-16-13(9-17(4)11(2)3)12-6-7-14-15(8-12)19-10-18-14/h6-8,11,13,16H,5,9-10H2,1-4H3. The van der Waals surface area contributed by atoms with Crippen LogP contribution in [0.3, 0.4) is 0 Å². The summed E-state index contributed by atoms with van der Waals surface area (Å²) >= 11 is 0. The molecule has 0 saturated heterocycles. The van der Waals surface area contributed by atoms with Gasteiger partial charge in [-0.15, -0.1) is 0 Å². The van der Waals surface area contributed by atoms with Crippen LogP contribution in [0.25, 0.3) is 0 Å². The van der Waals surface area contributed by atoms with Gasteiger partial charge in [0.2, 0.25) is 6.79 Å². The van der Waals surface area contributed by atoms with Gasteiger partial charge in [-0.3, -0.25) is 0 Å². The average Bonchev–Trinajstić information content (AvgIpc) is 2.85. The molecule has 1 unspecified atom stereocenters. The summed E-state index contributed by atoms with van der Waals surface area (Å²) in [4.78, 5) is 2.35. The average molecular weight is 264 g/mol. The maximum Gasteiger partial charge on any atom is 0.231 e. The minimum atomic E-state index is 0.312. The highest BCUT2D eigenvalue weighted by Gasteiger charge is 2.19. The minimum Gasteiger partial charge on any atom is -0.454 e. The molecule has 2 rings (SSSR count). The number of hydrogen-bond donors (Lipinski definition) is 1. The number of benzene rings is 1. The molecule has 4 nitrogen and oxygen atoms in total. The lowest BCUT2D eigenvalue weighted by atomic mass is 10.0. The second-order valence-corrected chi connectivity index (χ2v) is 5.26. The van der Waals surface area contributed by atoms with E-state index in [0.29, 0.717) is 18.9 Å². The van der Waals surface area contributed by atoms with Crippen molar-refractivity contribution in [2.24, 2.45) is 0 Å². The highest BCUT2D eigenvalue weighted by atomic mass is 16.7. The summed E-state index contributed by atoms with van der Waals surface area (Å²) in [5.41, 5.74) is 1.25. The van der Waals surface area contributed by atoms with E-state index < -0.39 is 0 Å². The molecule has 0 saturated carbocycles. The lowest BCUT2D eigenvalue weighted by Gasteiger charge is -2.28. The van der Waals surface area contributed by atoms with E-state index in [1.165, 1.54) is 5.56 Å². The quantitative estimate of drug-likeness (QED) is 0.855. The van der Waals surface area contributed by atoms with Crippen molar-refractivity contribution in [3.63, 3.8) is 0 Å². The molecule has 1 aromatic carbocycles. The number of rotatable bonds is 6. The molecule has 1 N–H and O–H groups in total. The summed E-state index contributed by atoms with van der Waals surface area (Å²) < 4.78 is 10.8. The van der Waals surface area contributed by atoms with Crippen LogP contribution in [0.4, 0.5) is 0 Å². The van der Waals surface area contributed by atoms with E-state index in [-0.39, 0.29) is 0 Å². The Hall–Kier alpha value is -1.26. The molecule has 0 bridgehead atoms. The molecular formula is C15H24N2O2. The Morgan fingerprint density at radius 3 is 2.68 bits per heavy atom. The lowest BCUT2D eigenvalue weighted by molar-refractivity contribution is 0.174. The largest absolute Gasteiger partial charge is 0.454 e. The molecular weight excluding hydrogens is 240 g/mol. The first-order chi connectivity index (χ1) is 9.11. The maximum absolute atomic E-state index is 5.46. The van der Waals surface area contributed by atoms with Gasteiger partial charge < -0.3 is 19.7 Å². The van der Waals surface area contributed by atoms with Gasteiger partial charge in [0, 0.05) is 18.6 Å². The molecule has 1 aliphatic rings. The number of ether oxygens (including phenoxy) is 2. The van der Waals surface area contributed by atoms with E-state index in [1.54, 1.807) is 0 Å². The van der Waals surface area contributed by atoms with E-state index in [9.17, 15) is 0 Å². The summed E-state index contributed by atoms with van der Waals surface area (Å²) in [6.45, 7) is 8.81. The summed E-state index contributed by atoms with van der Waals surface area (Å²) in [7, 11) is 2.15. The second-order valence-electron chi connectivity index (χ2n) is 5.26. The van der Waals surface area contributed by atoms with Gasteiger partial charge in [0.25, 0.3) is 0 Å². The van der Waals surface area contributed by atoms with Gasteiger partial charge >= 0.3 is 0 Å². The zero-order valence-electron chi connectivity index (χ0n) is 12.3. The van der Waals surface area contributed by atoms with E-state index in [1.807, 2.05) is 6.07 Å². The summed E-state index contributed by atoms with van der Waals surface area (Å²) in [5, 5.41) is 3.54. The Kier molecular flexibility index (Phi) is 4.66. The van der Waals surface area contributed by atoms with Gasteiger partial charge in [0.05, 0.1) is 0 Å². The van der Waals surface area contributed by atoms with Crippen molar-refractivity contribution in [2.75, 3.05) is 26.9 Å². The second kappa shape index (κ2) is 6.26. The van der Waals surface area contributed by atoms with E-state index in [4.69, 9.17) is 9.47 Å². The molecule has 106 valence electrons. The first-order valence-electron chi connectivity index (χ1n) is 6.95. The van der Waals surface area contributed by atoms with Gasteiger partial charge in [-0.25, -0.2) is 0 Å². The Bertz CT molecular complexity index is 421. The van der Waals surface area contributed by atoms with Crippen molar-refractivity contribution >= 4 is 0 Å². The molecule has 1 aromatic rings. The van der Waals surface area contributed by atoms with Crippen LogP contribution in [-0.4, -0.2) is 37.9 Å².